The Morgan fingerprint density at radius 2 is 1.73 bits per heavy atom. The second-order valence-corrected chi connectivity index (χ2v) is 6.29. The fraction of sp³-hybridized carbons (Fsp3) is 0.0476. The highest BCUT2D eigenvalue weighted by Gasteiger charge is 2.23. The Hall–Kier alpha value is -4.01. The van der Waals surface area contributed by atoms with Gasteiger partial charge in [0.25, 0.3) is 5.91 Å². The first-order valence-electron chi connectivity index (χ1n) is 8.66. The van der Waals surface area contributed by atoms with Crippen molar-refractivity contribution in [2.45, 2.75) is 6.92 Å². The minimum absolute atomic E-state index is 0.136. The first-order chi connectivity index (χ1) is 14.3. The van der Waals surface area contributed by atoms with Crippen molar-refractivity contribution in [2.75, 3.05) is 10.7 Å². The van der Waals surface area contributed by atoms with Gasteiger partial charge in [-0.2, -0.15) is 0 Å². The summed E-state index contributed by atoms with van der Waals surface area (Å²) in [4.78, 5) is 24.2. The lowest BCUT2D eigenvalue weighted by atomic mass is 10.1. The smallest absolute Gasteiger partial charge is 0.261 e. The van der Waals surface area contributed by atoms with Gasteiger partial charge in [0.05, 0.1) is 0 Å². The molecule has 0 aliphatic rings. The van der Waals surface area contributed by atoms with Crippen LogP contribution in [0.25, 0.3) is 0 Å². The zero-order valence-electron chi connectivity index (χ0n) is 15.7. The van der Waals surface area contributed by atoms with Crippen molar-refractivity contribution in [1.29, 1.82) is 0 Å². The molecule has 6 nitrogen and oxygen atoms in total. The van der Waals surface area contributed by atoms with Crippen molar-refractivity contribution in [3.05, 3.63) is 83.2 Å². The summed E-state index contributed by atoms with van der Waals surface area (Å²) in [6, 6.07) is 13.1. The standard InChI is InChI=1S/C21H16F3N3O3/c1-12-10-14(22)8-9-17(12)30-18-7-3-6-16(27(23)24)19(18)21(29)26-15-5-2-4-13(11-15)20(25)28/h2-11H,1H3,(H2,25,28)(H,26,29). The molecule has 0 unspecified atom stereocenters. The molecule has 0 saturated carbocycles. The van der Waals surface area contributed by atoms with Gasteiger partial charge in [0.2, 0.25) is 5.91 Å². The minimum atomic E-state index is -1.21. The minimum Gasteiger partial charge on any atom is -0.456 e. The molecule has 0 fully saturated rings. The summed E-state index contributed by atoms with van der Waals surface area (Å²) in [7, 11) is 0. The van der Waals surface area contributed by atoms with Crippen LogP contribution in [0.5, 0.6) is 11.5 Å². The Balaban J connectivity index is 2.00. The number of aryl methyl sites for hydroxylation is 1. The quantitative estimate of drug-likeness (QED) is 0.564. The summed E-state index contributed by atoms with van der Waals surface area (Å²) in [5.74, 6) is -2.06. The molecule has 3 N–H and O–H groups in total. The van der Waals surface area contributed by atoms with Crippen molar-refractivity contribution < 1.29 is 27.7 Å². The van der Waals surface area contributed by atoms with E-state index in [2.05, 4.69) is 5.32 Å². The van der Waals surface area contributed by atoms with Crippen LogP contribution in [0.1, 0.15) is 26.3 Å². The number of ether oxygens (including phenoxy) is 1. The molecular formula is C21H16F3N3O3. The highest BCUT2D eigenvalue weighted by molar-refractivity contribution is 6.10. The van der Waals surface area contributed by atoms with E-state index in [0.29, 0.717) is 5.56 Å². The fourth-order valence-corrected chi connectivity index (χ4v) is 2.76. The van der Waals surface area contributed by atoms with Crippen LogP contribution in [0.4, 0.5) is 24.7 Å². The lowest BCUT2D eigenvalue weighted by molar-refractivity contribution is 0.0995. The lowest BCUT2D eigenvalue weighted by Crippen LogP contribution is -2.17. The maximum Gasteiger partial charge on any atom is 0.261 e. The van der Waals surface area contributed by atoms with Gasteiger partial charge in [-0.05, 0) is 66.4 Å². The van der Waals surface area contributed by atoms with Gasteiger partial charge in [0.1, 0.15) is 28.6 Å². The van der Waals surface area contributed by atoms with E-state index in [1.807, 2.05) is 0 Å². The number of benzene rings is 3. The fourth-order valence-electron chi connectivity index (χ4n) is 2.76. The SMILES string of the molecule is Cc1cc(F)ccc1Oc1cccc(N(F)F)c1C(=O)Nc1cccc(C(N)=O)c1. The molecule has 30 heavy (non-hydrogen) atoms. The largest absolute Gasteiger partial charge is 0.456 e. The molecule has 0 aromatic heterocycles. The van der Waals surface area contributed by atoms with Crippen molar-refractivity contribution in [2.24, 2.45) is 5.73 Å². The molecule has 0 radical (unpaired) electrons. The Labute approximate surface area is 169 Å². The summed E-state index contributed by atoms with van der Waals surface area (Å²) in [5.41, 5.74) is 4.80. The third-order valence-corrected chi connectivity index (χ3v) is 4.18. The topological polar surface area (TPSA) is 84.7 Å². The first-order valence-corrected chi connectivity index (χ1v) is 8.66. The van der Waals surface area contributed by atoms with Crippen molar-refractivity contribution in [1.82, 2.24) is 0 Å². The number of carbonyl (C=O) groups excluding carboxylic acids is 2. The third kappa shape index (κ3) is 4.52. The molecule has 0 spiro atoms. The van der Waals surface area contributed by atoms with Gasteiger partial charge in [0, 0.05) is 11.3 Å². The monoisotopic (exact) mass is 415 g/mol. The van der Waals surface area contributed by atoms with Crippen LogP contribution in [0, 0.1) is 12.7 Å². The summed E-state index contributed by atoms with van der Waals surface area (Å²) < 4.78 is 45.9. The Kier molecular flexibility index (Phi) is 5.91. The van der Waals surface area contributed by atoms with Crippen LogP contribution in [0.15, 0.2) is 60.7 Å². The predicted molar refractivity (Wildman–Crippen MR) is 105 cm³/mol. The predicted octanol–water partition coefficient (Wildman–Crippen LogP) is 4.85. The van der Waals surface area contributed by atoms with Crippen LogP contribution in [-0.2, 0) is 0 Å². The van der Waals surface area contributed by atoms with Gasteiger partial charge in [-0.1, -0.05) is 21.1 Å². The van der Waals surface area contributed by atoms with Gasteiger partial charge in [0.15, 0.2) is 0 Å². The van der Waals surface area contributed by atoms with E-state index in [0.717, 1.165) is 12.1 Å². The second kappa shape index (κ2) is 8.56. The van der Waals surface area contributed by atoms with Crippen LogP contribution >= 0.6 is 0 Å². The summed E-state index contributed by atoms with van der Waals surface area (Å²) in [6.07, 6.45) is 0. The highest BCUT2D eigenvalue weighted by atomic mass is 19.4. The number of primary amides is 1. The number of nitrogens with zero attached hydrogens (tertiary/aromatic N) is 1. The van der Waals surface area contributed by atoms with Crippen LogP contribution in [0.3, 0.4) is 0 Å². The van der Waals surface area contributed by atoms with Gasteiger partial charge >= 0.3 is 0 Å². The van der Waals surface area contributed by atoms with Gasteiger partial charge < -0.3 is 15.8 Å². The number of hydrogen-bond acceptors (Lipinski definition) is 4. The van der Waals surface area contributed by atoms with Gasteiger partial charge in [-0.25, -0.2) is 4.39 Å². The van der Waals surface area contributed by atoms with Crippen molar-refractivity contribution in [3.8, 4) is 11.5 Å². The molecule has 0 saturated heterocycles. The van der Waals surface area contributed by atoms with E-state index < -0.39 is 34.2 Å². The van der Waals surface area contributed by atoms with E-state index >= 15 is 0 Å². The van der Waals surface area contributed by atoms with Crippen LogP contribution in [-0.4, -0.2) is 11.8 Å². The summed E-state index contributed by atoms with van der Waals surface area (Å²) >= 11 is 0. The molecule has 154 valence electrons. The summed E-state index contributed by atoms with van der Waals surface area (Å²) in [6.45, 7) is 1.58. The number of nitrogens with two attached hydrogens (primary N) is 1. The zero-order valence-corrected chi connectivity index (χ0v) is 15.7. The third-order valence-electron chi connectivity index (χ3n) is 4.18. The Morgan fingerprint density at radius 1 is 1.00 bits per heavy atom. The summed E-state index contributed by atoms with van der Waals surface area (Å²) in [5, 5.41) is 1.24. The molecule has 3 aromatic rings. The number of halogens is 3. The van der Waals surface area contributed by atoms with E-state index in [1.165, 1.54) is 48.5 Å². The normalized spacial score (nSPS) is 10.4. The average Bonchev–Trinajstić information content (AvgIpc) is 2.70. The second-order valence-electron chi connectivity index (χ2n) is 6.29. The number of carbonyl (C=O) groups is 2. The Bertz CT molecular complexity index is 1120. The molecular weight excluding hydrogens is 399 g/mol. The molecule has 2 amide bonds. The molecule has 9 heteroatoms. The van der Waals surface area contributed by atoms with E-state index in [4.69, 9.17) is 10.5 Å². The average molecular weight is 415 g/mol. The number of hydrogen-bond donors (Lipinski definition) is 2. The Morgan fingerprint density at radius 3 is 2.40 bits per heavy atom. The lowest BCUT2D eigenvalue weighted by Gasteiger charge is -2.16. The van der Waals surface area contributed by atoms with Crippen molar-refractivity contribution >= 4 is 23.2 Å². The zero-order chi connectivity index (χ0) is 21.8. The number of nitrogens with one attached hydrogen (secondary N) is 1. The number of amides is 2. The van der Waals surface area contributed by atoms with Crippen LogP contribution < -0.4 is 21.1 Å². The van der Waals surface area contributed by atoms with Crippen LogP contribution in [0.2, 0.25) is 0 Å². The molecule has 3 aromatic carbocycles. The van der Waals surface area contributed by atoms with Gasteiger partial charge in [-0.15, -0.1) is 0 Å². The van der Waals surface area contributed by atoms with Gasteiger partial charge in [-0.3, -0.25) is 9.59 Å². The maximum atomic E-state index is 13.4. The van der Waals surface area contributed by atoms with Crippen molar-refractivity contribution in [3.63, 3.8) is 0 Å². The first kappa shape index (κ1) is 20.7. The molecule has 0 aliphatic carbocycles. The molecule has 0 atom stereocenters. The highest BCUT2D eigenvalue weighted by Crippen LogP contribution is 2.35. The van der Waals surface area contributed by atoms with E-state index in [1.54, 1.807) is 6.92 Å². The molecule has 0 aliphatic heterocycles. The van der Waals surface area contributed by atoms with E-state index in [-0.39, 0.29) is 22.7 Å². The van der Waals surface area contributed by atoms with E-state index in [9.17, 15) is 22.9 Å². The number of anilines is 2. The molecule has 0 bridgehead atoms. The maximum absolute atomic E-state index is 13.4. The number of rotatable bonds is 6. The molecule has 3 rings (SSSR count). The molecule has 0 heterocycles.